The molecule has 100 valence electrons. The van der Waals surface area contributed by atoms with Crippen LogP contribution in [-0.2, 0) is 9.53 Å². The lowest BCUT2D eigenvalue weighted by Gasteiger charge is -2.22. The molecule has 0 spiro atoms. The standard InChI is InChI=1S/C10H19NO5S/c1-6(12)17-5-7(8(13)14)11-9(15)16-10(2,3)4/h6-7,12H,5H2,1-4H3,(H,11,15)(H,13,14)/t6-,7?/m1/s1. The lowest BCUT2D eigenvalue weighted by Crippen LogP contribution is -2.45. The van der Waals surface area contributed by atoms with Crippen LogP contribution in [0.15, 0.2) is 0 Å². The topological polar surface area (TPSA) is 95.9 Å². The SMILES string of the molecule is C[C@H](O)SCC(NC(=O)OC(C)(C)C)C(=O)O. The van der Waals surface area contributed by atoms with Crippen molar-refractivity contribution in [3.8, 4) is 0 Å². The molecule has 0 saturated heterocycles. The Morgan fingerprint density at radius 1 is 1.41 bits per heavy atom. The Balaban J connectivity index is 4.26. The van der Waals surface area contributed by atoms with E-state index in [1.165, 1.54) is 6.92 Å². The second-order valence-electron chi connectivity index (χ2n) is 4.47. The Hall–Kier alpha value is -0.950. The predicted molar refractivity (Wildman–Crippen MR) is 64.9 cm³/mol. The average Bonchev–Trinajstić information content (AvgIpc) is 2.08. The number of rotatable bonds is 5. The van der Waals surface area contributed by atoms with Crippen LogP contribution in [0.4, 0.5) is 4.79 Å². The summed E-state index contributed by atoms with van der Waals surface area (Å²) < 4.78 is 4.94. The van der Waals surface area contributed by atoms with Crippen molar-refractivity contribution >= 4 is 23.8 Å². The van der Waals surface area contributed by atoms with E-state index in [0.29, 0.717) is 0 Å². The number of thioether (sulfide) groups is 1. The highest BCUT2D eigenvalue weighted by Gasteiger charge is 2.24. The van der Waals surface area contributed by atoms with E-state index >= 15 is 0 Å². The molecular weight excluding hydrogens is 246 g/mol. The quantitative estimate of drug-likeness (QED) is 0.643. The van der Waals surface area contributed by atoms with Crippen molar-refractivity contribution in [3.05, 3.63) is 0 Å². The molecule has 0 aliphatic rings. The third kappa shape index (κ3) is 8.82. The highest BCUT2D eigenvalue weighted by molar-refractivity contribution is 7.99. The summed E-state index contributed by atoms with van der Waals surface area (Å²) in [7, 11) is 0. The molecule has 2 atom stereocenters. The zero-order valence-corrected chi connectivity index (χ0v) is 11.2. The van der Waals surface area contributed by atoms with E-state index in [1.807, 2.05) is 0 Å². The van der Waals surface area contributed by atoms with Gasteiger partial charge in [0.1, 0.15) is 11.6 Å². The minimum absolute atomic E-state index is 0.0756. The Bertz CT molecular complexity index is 274. The number of hydrogen-bond acceptors (Lipinski definition) is 5. The number of hydrogen-bond donors (Lipinski definition) is 3. The Kier molecular flexibility index (Phi) is 6.33. The molecule has 3 N–H and O–H groups in total. The van der Waals surface area contributed by atoms with Gasteiger partial charge < -0.3 is 20.3 Å². The van der Waals surface area contributed by atoms with Crippen molar-refractivity contribution in [2.24, 2.45) is 0 Å². The number of nitrogens with one attached hydrogen (secondary N) is 1. The number of ether oxygens (including phenoxy) is 1. The maximum Gasteiger partial charge on any atom is 0.408 e. The van der Waals surface area contributed by atoms with Gasteiger partial charge in [-0.3, -0.25) is 0 Å². The van der Waals surface area contributed by atoms with Crippen molar-refractivity contribution in [2.75, 3.05) is 5.75 Å². The van der Waals surface area contributed by atoms with Crippen LogP contribution < -0.4 is 5.32 Å². The molecule has 0 aromatic rings. The van der Waals surface area contributed by atoms with E-state index < -0.39 is 29.1 Å². The molecule has 0 saturated carbocycles. The largest absolute Gasteiger partial charge is 0.480 e. The molecule has 0 heterocycles. The molecule has 0 aliphatic heterocycles. The van der Waals surface area contributed by atoms with E-state index in [4.69, 9.17) is 14.9 Å². The minimum atomic E-state index is -1.16. The highest BCUT2D eigenvalue weighted by Crippen LogP contribution is 2.10. The number of aliphatic carboxylic acids is 1. The molecule has 0 aromatic heterocycles. The smallest absolute Gasteiger partial charge is 0.408 e. The second-order valence-corrected chi connectivity index (χ2v) is 5.82. The van der Waals surface area contributed by atoms with Gasteiger partial charge in [0, 0.05) is 5.75 Å². The van der Waals surface area contributed by atoms with Crippen LogP contribution in [0, 0.1) is 0 Å². The zero-order chi connectivity index (χ0) is 13.6. The van der Waals surface area contributed by atoms with Crippen LogP contribution >= 0.6 is 11.8 Å². The lowest BCUT2D eigenvalue weighted by atomic mass is 10.2. The summed E-state index contributed by atoms with van der Waals surface area (Å²) in [5.74, 6) is -1.09. The fourth-order valence-electron chi connectivity index (χ4n) is 0.860. The molecular formula is C10H19NO5S. The van der Waals surface area contributed by atoms with Crippen LogP contribution in [0.5, 0.6) is 0 Å². The second kappa shape index (κ2) is 6.70. The van der Waals surface area contributed by atoms with Gasteiger partial charge in [-0.15, -0.1) is 11.8 Å². The van der Waals surface area contributed by atoms with E-state index in [2.05, 4.69) is 5.32 Å². The van der Waals surface area contributed by atoms with Gasteiger partial charge >= 0.3 is 12.1 Å². The number of carbonyl (C=O) groups is 2. The molecule has 1 amide bonds. The predicted octanol–water partition coefficient (Wildman–Crippen LogP) is 1.04. The maximum absolute atomic E-state index is 11.3. The summed E-state index contributed by atoms with van der Waals surface area (Å²) in [5, 5.41) is 20.1. The molecule has 0 aliphatic carbocycles. The van der Waals surface area contributed by atoms with Gasteiger partial charge in [0.25, 0.3) is 0 Å². The highest BCUT2D eigenvalue weighted by atomic mass is 32.2. The monoisotopic (exact) mass is 265 g/mol. The molecule has 0 bridgehead atoms. The molecule has 6 nitrogen and oxygen atoms in total. The number of carbonyl (C=O) groups excluding carboxylic acids is 1. The average molecular weight is 265 g/mol. The zero-order valence-electron chi connectivity index (χ0n) is 10.4. The van der Waals surface area contributed by atoms with Gasteiger partial charge in [-0.2, -0.15) is 0 Å². The Morgan fingerprint density at radius 2 is 1.94 bits per heavy atom. The molecule has 7 heteroatoms. The van der Waals surface area contributed by atoms with Crippen molar-refractivity contribution in [1.29, 1.82) is 0 Å². The lowest BCUT2D eigenvalue weighted by molar-refractivity contribution is -0.138. The molecule has 0 aromatic carbocycles. The van der Waals surface area contributed by atoms with Crippen molar-refractivity contribution in [3.63, 3.8) is 0 Å². The number of carboxylic acid groups (broad SMARTS) is 1. The van der Waals surface area contributed by atoms with Gasteiger partial charge in [-0.25, -0.2) is 9.59 Å². The van der Waals surface area contributed by atoms with E-state index in [0.717, 1.165) is 11.8 Å². The van der Waals surface area contributed by atoms with Crippen LogP contribution in [0.3, 0.4) is 0 Å². The summed E-state index contributed by atoms with van der Waals surface area (Å²) in [5.41, 5.74) is -1.36. The number of carboxylic acids is 1. The number of alkyl carbamates (subject to hydrolysis) is 1. The first-order chi connectivity index (χ1) is 7.61. The van der Waals surface area contributed by atoms with Crippen molar-refractivity contribution in [2.45, 2.75) is 44.8 Å². The summed E-state index contributed by atoms with van der Waals surface area (Å²) in [4.78, 5) is 22.2. The summed E-state index contributed by atoms with van der Waals surface area (Å²) in [6, 6.07) is -1.08. The van der Waals surface area contributed by atoms with Crippen LogP contribution in [0.25, 0.3) is 0 Å². The summed E-state index contributed by atoms with van der Waals surface area (Å²) in [6.45, 7) is 6.59. The molecule has 1 unspecified atom stereocenters. The number of aliphatic hydroxyl groups excluding tert-OH is 1. The molecule has 0 rings (SSSR count). The minimum Gasteiger partial charge on any atom is -0.480 e. The Labute approximate surface area is 105 Å². The van der Waals surface area contributed by atoms with Crippen LogP contribution in [0.1, 0.15) is 27.7 Å². The summed E-state index contributed by atoms with van der Waals surface area (Å²) in [6.07, 6.45) is -0.781. The molecule has 17 heavy (non-hydrogen) atoms. The van der Waals surface area contributed by atoms with Gasteiger partial charge in [0.2, 0.25) is 0 Å². The van der Waals surface area contributed by atoms with Crippen molar-refractivity contribution < 1.29 is 24.5 Å². The maximum atomic E-state index is 11.3. The number of amides is 1. The Morgan fingerprint density at radius 3 is 2.29 bits per heavy atom. The van der Waals surface area contributed by atoms with Crippen molar-refractivity contribution in [1.82, 2.24) is 5.32 Å². The van der Waals surface area contributed by atoms with Gasteiger partial charge in [0.15, 0.2) is 0 Å². The fourth-order valence-corrected chi connectivity index (χ4v) is 1.56. The van der Waals surface area contributed by atoms with Crippen LogP contribution in [0.2, 0.25) is 0 Å². The van der Waals surface area contributed by atoms with Gasteiger partial charge in [-0.1, -0.05) is 0 Å². The first kappa shape index (κ1) is 16.1. The van der Waals surface area contributed by atoms with E-state index in [1.54, 1.807) is 20.8 Å². The van der Waals surface area contributed by atoms with Gasteiger partial charge in [0.05, 0.1) is 5.44 Å². The normalized spacial score (nSPS) is 14.9. The summed E-state index contributed by atoms with van der Waals surface area (Å²) >= 11 is 1.03. The molecule has 0 radical (unpaired) electrons. The van der Waals surface area contributed by atoms with E-state index in [-0.39, 0.29) is 5.75 Å². The van der Waals surface area contributed by atoms with Crippen LogP contribution in [-0.4, -0.2) is 45.1 Å². The first-order valence-corrected chi connectivity index (χ1v) is 6.18. The third-order valence-electron chi connectivity index (χ3n) is 1.49. The number of aliphatic hydroxyl groups is 1. The fraction of sp³-hybridized carbons (Fsp3) is 0.800. The first-order valence-electron chi connectivity index (χ1n) is 5.14. The van der Waals surface area contributed by atoms with E-state index in [9.17, 15) is 9.59 Å². The van der Waals surface area contributed by atoms with Gasteiger partial charge in [-0.05, 0) is 27.7 Å². The third-order valence-corrected chi connectivity index (χ3v) is 2.50. The molecule has 0 fully saturated rings.